The molecule has 0 aliphatic heterocycles. The van der Waals surface area contributed by atoms with Crippen LogP contribution in [-0.4, -0.2) is 22.1 Å². The molecule has 0 saturated heterocycles. The van der Waals surface area contributed by atoms with Crippen LogP contribution in [0.2, 0.25) is 0 Å². The van der Waals surface area contributed by atoms with Gasteiger partial charge < -0.3 is 9.88 Å². The van der Waals surface area contributed by atoms with Crippen LogP contribution in [0, 0.1) is 11.8 Å². The molecular weight excluding hydrogens is 234 g/mol. The second-order valence-corrected chi connectivity index (χ2v) is 6.77. The molecule has 19 heavy (non-hydrogen) atoms. The van der Waals surface area contributed by atoms with Gasteiger partial charge >= 0.3 is 0 Å². The quantitative estimate of drug-likeness (QED) is 0.904. The Hall–Kier alpha value is -0.830. The van der Waals surface area contributed by atoms with Gasteiger partial charge in [-0.15, -0.1) is 0 Å². The first-order valence-corrected chi connectivity index (χ1v) is 7.68. The Morgan fingerprint density at radius 3 is 2.74 bits per heavy atom. The molecule has 1 saturated carbocycles. The Morgan fingerprint density at radius 2 is 2.16 bits per heavy atom. The summed E-state index contributed by atoms with van der Waals surface area (Å²) >= 11 is 0. The Kier molecular flexibility index (Phi) is 4.34. The predicted octanol–water partition coefficient (Wildman–Crippen LogP) is 3.11. The van der Waals surface area contributed by atoms with Crippen LogP contribution in [0.4, 0.5) is 0 Å². The van der Waals surface area contributed by atoms with E-state index in [9.17, 15) is 0 Å². The van der Waals surface area contributed by atoms with E-state index in [2.05, 4.69) is 55.8 Å². The second-order valence-electron chi connectivity index (χ2n) is 6.77. The zero-order valence-electron chi connectivity index (χ0n) is 13.1. The van der Waals surface area contributed by atoms with E-state index >= 15 is 0 Å². The molecule has 3 heteroatoms. The van der Waals surface area contributed by atoms with Crippen molar-refractivity contribution in [2.24, 2.45) is 18.9 Å². The van der Waals surface area contributed by atoms with Gasteiger partial charge in [0.2, 0.25) is 0 Å². The van der Waals surface area contributed by atoms with Gasteiger partial charge in [0.15, 0.2) is 0 Å². The molecule has 2 rings (SSSR count). The van der Waals surface area contributed by atoms with E-state index in [-0.39, 0.29) is 5.41 Å². The molecule has 3 unspecified atom stereocenters. The normalized spacial score (nSPS) is 28.6. The average Bonchev–Trinajstić information content (AvgIpc) is 2.76. The fraction of sp³-hybridized carbons (Fsp3) is 0.812. The maximum Gasteiger partial charge on any atom is 0.114 e. The van der Waals surface area contributed by atoms with E-state index < -0.39 is 0 Å². The van der Waals surface area contributed by atoms with Crippen LogP contribution in [0.25, 0.3) is 0 Å². The zero-order valence-corrected chi connectivity index (χ0v) is 13.1. The van der Waals surface area contributed by atoms with Crippen molar-refractivity contribution in [2.45, 2.75) is 58.4 Å². The smallest absolute Gasteiger partial charge is 0.114 e. The number of hydrogen-bond donors (Lipinski definition) is 1. The van der Waals surface area contributed by atoms with E-state index in [1.807, 2.05) is 6.20 Å². The molecule has 3 atom stereocenters. The Balaban J connectivity index is 2.24. The SMILES string of the molecule is CCNC1CC(C)CCC1C(C)(C)c1nccn1C. The monoisotopic (exact) mass is 263 g/mol. The third kappa shape index (κ3) is 2.86. The first kappa shape index (κ1) is 14.6. The minimum atomic E-state index is 0.130. The summed E-state index contributed by atoms with van der Waals surface area (Å²) in [5.74, 6) is 2.73. The third-order valence-electron chi connectivity index (χ3n) is 4.90. The van der Waals surface area contributed by atoms with Crippen LogP contribution in [0.15, 0.2) is 12.4 Å². The summed E-state index contributed by atoms with van der Waals surface area (Å²) in [6.45, 7) is 10.4. The molecule has 0 bridgehead atoms. The minimum absolute atomic E-state index is 0.130. The molecule has 1 aliphatic rings. The van der Waals surface area contributed by atoms with Crippen molar-refractivity contribution in [2.75, 3.05) is 6.54 Å². The summed E-state index contributed by atoms with van der Waals surface area (Å²) in [7, 11) is 2.11. The van der Waals surface area contributed by atoms with Crippen molar-refractivity contribution in [1.82, 2.24) is 14.9 Å². The molecule has 1 aliphatic carbocycles. The topological polar surface area (TPSA) is 29.9 Å². The van der Waals surface area contributed by atoms with Crippen LogP contribution in [0.5, 0.6) is 0 Å². The van der Waals surface area contributed by atoms with E-state index in [0.717, 1.165) is 12.5 Å². The summed E-state index contributed by atoms with van der Waals surface area (Å²) in [6.07, 6.45) is 7.93. The Bertz CT molecular complexity index is 408. The number of aromatic nitrogens is 2. The molecule has 108 valence electrons. The zero-order chi connectivity index (χ0) is 14.0. The highest BCUT2D eigenvalue weighted by molar-refractivity contribution is 5.12. The van der Waals surface area contributed by atoms with Crippen LogP contribution in [0.1, 0.15) is 52.8 Å². The van der Waals surface area contributed by atoms with Gasteiger partial charge in [0.1, 0.15) is 5.82 Å². The molecule has 1 heterocycles. The fourth-order valence-electron chi connectivity index (χ4n) is 3.88. The molecule has 0 radical (unpaired) electrons. The minimum Gasteiger partial charge on any atom is -0.338 e. The first-order valence-electron chi connectivity index (χ1n) is 7.68. The largest absolute Gasteiger partial charge is 0.338 e. The van der Waals surface area contributed by atoms with Crippen LogP contribution in [-0.2, 0) is 12.5 Å². The van der Waals surface area contributed by atoms with E-state index in [1.54, 1.807) is 0 Å². The lowest BCUT2D eigenvalue weighted by molar-refractivity contribution is 0.140. The van der Waals surface area contributed by atoms with Gasteiger partial charge in [-0.25, -0.2) is 4.98 Å². The molecule has 1 fully saturated rings. The van der Waals surface area contributed by atoms with Gasteiger partial charge in [0.05, 0.1) is 0 Å². The maximum absolute atomic E-state index is 4.61. The van der Waals surface area contributed by atoms with Crippen molar-refractivity contribution in [3.8, 4) is 0 Å². The molecule has 1 N–H and O–H groups in total. The average molecular weight is 263 g/mol. The third-order valence-corrected chi connectivity index (χ3v) is 4.90. The highest BCUT2D eigenvalue weighted by atomic mass is 15.1. The number of nitrogens with zero attached hydrogens (tertiary/aromatic N) is 2. The summed E-state index contributed by atoms with van der Waals surface area (Å²) in [5.41, 5.74) is 0.130. The van der Waals surface area contributed by atoms with Crippen molar-refractivity contribution >= 4 is 0 Å². The molecule has 3 nitrogen and oxygen atoms in total. The highest BCUT2D eigenvalue weighted by Gasteiger charge is 2.41. The lowest BCUT2D eigenvalue weighted by Crippen LogP contribution is -2.49. The summed E-state index contributed by atoms with van der Waals surface area (Å²) in [4.78, 5) is 4.61. The summed E-state index contributed by atoms with van der Waals surface area (Å²) < 4.78 is 2.18. The second kappa shape index (κ2) is 5.66. The number of nitrogens with one attached hydrogen (secondary N) is 1. The number of imidazole rings is 1. The number of hydrogen-bond acceptors (Lipinski definition) is 2. The van der Waals surface area contributed by atoms with E-state index in [0.29, 0.717) is 12.0 Å². The molecule has 1 aromatic heterocycles. The molecule has 0 spiro atoms. The van der Waals surface area contributed by atoms with Gasteiger partial charge in [-0.3, -0.25) is 0 Å². The van der Waals surface area contributed by atoms with Gasteiger partial charge in [0, 0.05) is 30.9 Å². The van der Waals surface area contributed by atoms with Crippen molar-refractivity contribution in [3.63, 3.8) is 0 Å². The number of rotatable bonds is 4. The van der Waals surface area contributed by atoms with Crippen LogP contribution >= 0.6 is 0 Å². The van der Waals surface area contributed by atoms with Crippen molar-refractivity contribution in [1.29, 1.82) is 0 Å². The lowest BCUT2D eigenvalue weighted by Gasteiger charge is -2.44. The van der Waals surface area contributed by atoms with Crippen molar-refractivity contribution in [3.05, 3.63) is 18.2 Å². The molecule has 1 aromatic rings. The molecule has 0 amide bonds. The highest BCUT2D eigenvalue weighted by Crippen LogP contribution is 2.41. The standard InChI is InChI=1S/C16H29N3/c1-6-17-14-11-12(2)7-8-13(14)16(3,4)15-18-9-10-19(15)5/h9-10,12-14,17H,6-8,11H2,1-5H3. The van der Waals surface area contributed by atoms with Gasteiger partial charge in [-0.2, -0.15) is 0 Å². The lowest BCUT2D eigenvalue weighted by atomic mass is 9.66. The van der Waals surface area contributed by atoms with E-state index in [1.165, 1.54) is 25.1 Å². The molecule has 0 aromatic carbocycles. The predicted molar refractivity (Wildman–Crippen MR) is 80.2 cm³/mol. The van der Waals surface area contributed by atoms with Gasteiger partial charge in [-0.05, 0) is 31.2 Å². The van der Waals surface area contributed by atoms with Crippen LogP contribution in [0.3, 0.4) is 0 Å². The number of aryl methyl sites for hydroxylation is 1. The van der Waals surface area contributed by atoms with Crippen LogP contribution < -0.4 is 5.32 Å². The Morgan fingerprint density at radius 1 is 1.42 bits per heavy atom. The summed E-state index contributed by atoms with van der Waals surface area (Å²) in [5, 5.41) is 3.72. The maximum atomic E-state index is 4.61. The summed E-state index contributed by atoms with van der Waals surface area (Å²) in [6, 6.07) is 0.625. The first-order chi connectivity index (χ1) is 8.96. The van der Waals surface area contributed by atoms with Gasteiger partial charge in [0.25, 0.3) is 0 Å². The van der Waals surface area contributed by atoms with E-state index in [4.69, 9.17) is 0 Å². The van der Waals surface area contributed by atoms with Crippen molar-refractivity contribution < 1.29 is 0 Å². The molecular formula is C16H29N3. The Labute approximate surface area is 117 Å². The fourth-order valence-corrected chi connectivity index (χ4v) is 3.88. The van der Waals surface area contributed by atoms with Gasteiger partial charge in [-0.1, -0.05) is 34.1 Å².